The number of fused-ring (bicyclic) bond motifs is 3. The molecular weight excluding hydrogens is 316 g/mol. The van der Waals surface area contributed by atoms with Crippen LogP contribution in [-0.2, 0) is 0 Å². The molecular formula is C17H13ClN2OS. The molecule has 0 radical (unpaired) electrons. The maximum absolute atomic E-state index is 5.99. The van der Waals surface area contributed by atoms with E-state index in [9.17, 15) is 0 Å². The van der Waals surface area contributed by atoms with Gasteiger partial charge in [-0.2, -0.15) is 0 Å². The number of rotatable bonds is 1. The molecule has 0 amide bonds. The van der Waals surface area contributed by atoms with Crippen LogP contribution < -0.4 is 10.1 Å². The first-order valence-electron chi connectivity index (χ1n) is 7.09. The number of thiocarbonyl (C=S) groups is 1. The molecule has 2 aromatic rings. The summed E-state index contributed by atoms with van der Waals surface area (Å²) in [5, 5.41) is 4.54. The highest BCUT2D eigenvalue weighted by Gasteiger charge is 2.37. The van der Waals surface area contributed by atoms with Gasteiger partial charge >= 0.3 is 0 Å². The van der Waals surface area contributed by atoms with Gasteiger partial charge in [0.25, 0.3) is 0 Å². The summed E-state index contributed by atoms with van der Waals surface area (Å²) in [6, 6.07) is 15.8. The number of ether oxygens (including phenoxy) is 1. The Morgan fingerprint density at radius 2 is 1.91 bits per heavy atom. The van der Waals surface area contributed by atoms with Crippen molar-refractivity contribution in [3.05, 3.63) is 64.7 Å². The molecule has 0 aliphatic carbocycles. The predicted octanol–water partition coefficient (Wildman–Crippen LogP) is 3.77. The molecule has 2 atom stereocenters. The lowest BCUT2D eigenvalue weighted by molar-refractivity contribution is 0.247. The largest absolute Gasteiger partial charge is 0.492 e. The van der Waals surface area contributed by atoms with Gasteiger partial charge in [-0.15, -0.1) is 0 Å². The number of aliphatic imine (C=N–C) groups is 1. The quantitative estimate of drug-likeness (QED) is 0.809. The third-order valence-electron chi connectivity index (χ3n) is 4.07. The van der Waals surface area contributed by atoms with E-state index in [4.69, 9.17) is 28.6 Å². The van der Waals surface area contributed by atoms with E-state index in [-0.39, 0.29) is 12.0 Å². The summed E-state index contributed by atoms with van der Waals surface area (Å²) in [5.74, 6) is 1.000. The average molecular weight is 329 g/mol. The summed E-state index contributed by atoms with van der Waals surface area (Å²) in [6.07, 6.45) is 0. The summed E-state index contributed by atoms with van der Waals surface area (Å²) < 4.78 is 5.91. The van der Waals surface area contributed by atoms with E-state index in [1.54, 1.807) is 0 Å². The Morgan fingerprint density at radius 1 is 1.14 bits per heavy atom. The fraction of sp³-hybridized carbons (Fsp3) is 0.176. The molecule has 2 aromatic carbocycles. The molecule has 0 fully saturated rings. The first-order valence-corrected chi connectivity index (χ1v) is 7.88. The minimum absolute atomic E-state index is 0.0469. The number of nitrogens with one attached hydrogen (secondary N) is 1. The van der Waals surface area contributed by atoms with Crippen LogP contribution in [0.25, 0.3) is 0 Å². The summed E-state index contributed by atoms with van der Waals surface area (Å²) in [5.41, 5.74) is 3.17. The van der Waals surface area contributed by atoms with Crippen molar-refractivity contribution in [1.82, 2.24) is 5.32 Å². The molecule has 2 aliphatic rings. The number of hydrogen-bond donors (Lipinski definition) is 1. The second-order valence-electron chi connectivity index (χ2n) is 5.39. The van der Waals surface area contributed by atoms with E-state index in [1.165, 1.54) is 0 Å². The molecule has 2 heterocycles. The SMILES string of the molecule is S=C1N=C2c3ccccc3OCC2C(c2ccc(Cl)cc2)N1. The lowest BCUT2D eigenvalue weighted by Gasteiger charge is -2.37. The highest BCUT2D eigenvalue weighted by Crippen LogP contribution is 2.36. The zero-order valence-corrected chi connectivity index (χ0v) is 13.2. The van der Waals surface area contributed by atoms with Crippen molar-refractivity contribution in [1.29, 1.82) is 0 Å². The Balaban J connectivity index is 1.78. The first-order chi connectivity index (χ1) is 10.7. The maximum Gasteiger partial charge on any atom is 0.193 e. The Labute approximate surface area is 139 Å². The molecule has 4 rings (SSSR count). The van der Waals surface area contributed by atoms with Crippen molar-refractivity contribution in [3.8, 4) is 5.75 Å². The lowest BCUT2D eigenvalue weighted by atomic mass is 9.83. The van der Waals surface area contributed by atoms with Gasteiger partial charge in [-0.1, -0.05) is 35.9 Å². The van der Waals surface area contributed by atoms with E-state index >= 15 is 0 Å². The highest BCUT2D eigenvalue weighted by atomic mass is 35.5. The smallest absolute Gasteiger partial charge is 0.193 e. The summed E-state index contributed by atoms with van der Waals surface area (Å²) in [7, 11) is 0. The average Bonchev–Trinajstić information content (AvgIpc) is 2.55. The van der Waals surface area contributed by atoms with Crippen LogP contribution in [0.2, 0.25) is 5.02 Å². The Kier molecular flexibility index (Phi) is 3.36. The van der Waals surface area contributed by atoms with Gasteiger partial charge in [0.1, 0.15) is 5.75 Å². The first kappa shape index (κ1) is 13.7. The maximum atomic E-state index is 5.99. The lowest BCUT2D eigenvalue weighted by Crippen LogP contribution is -2.45. The topological polar surface area (TPSA) is 33.6 Å². The molecule has 22 heavy (non-hydrogen) atoms. The van der Waals surface area contributed by atoms with Crippen molar-refractivity contribution in [2.45, 2.75) is 6.04 Å². The van der Waals surface area contributed by atoms with Crippen LogP contribution in [0, 0.1) is 5.92 Å². The third-order valence-corrected chi connectivity index (χ3v) is 4.53. The molecule has 2 aliphatic heterocycles. The normalized spacial score (nSPS) is 22.8. The van der Waals surface area contributed by atoms with E-state index < -0.39 is 0 Å². The van der Waals surface area contributed by atoms with Crippen LogP contribution >= 0.6 is 23.8 Å². The van der Waals surface area contributed by atoms with Crippen LogP contribution in [0.3, 0.4) is 0 Å². The number of nitrogens with zero attached hydrogens (tertiary/aromatic N) is 1. The number of halogens is 1. The number of benzene rings is 2. The van der Waals surface area contributed by atoms with Gasteiger partial charge in [0.2, 0.25) is 0 Å². The third kappa shape index (κ3) is 2.28. The second kappa shape index (κ2) is 5.38. The van der Waals surface area contributed by atoms with Gasteiger partial charge in [0.05, 0.1) is 24.3 Å². The monoisotopic (exact) mass is 328 g/mol. The van der Waals surface area contributed by atoms with Crippen LogP contribution in [0.4, 0.5) is 0 Å². The van der Waals surface area contributed by atoms with E-state index in [0.717, 1.165) is 27.6 Å². The number of para-hydroxylation sites is 1. The van der Waals surface area contributed by atoms with Gasteiger partial charge in [0, 0.05) is 10.6 Å². The van der Waals surface area contributed by atoms with E-state index in [1.807, 2.05) is 48.5 Å². The fourth-order valence-corrected chi connectivity index (χ4v) is 3.37. The van der Waals surface area contributed by atoms with Gasteiger partial charge in [0.15, 0.2) is 5.11 Å². The molecule has 110 valence electrons. The summed E-state index contributed by atoms with van der Waals surface area (Å²) in [4.78, 5) is 4.57. The fourth-order valence-electron chi connectivity index (χ4n) is 3.02. The van der Waals surface area contributed by atoms with Gasteiger partial charge in [-0.25, -0.2) is 4.99 Å². The Bertz CT molecular complexity index is 772. The molecule has 0 spiro atoms. The summed E-state index contributed by atoms with van der Waals surface area (Å²) >= 11 is 11.3. The van der Waals surface area contributed by atoms with E-state index in [2.05, 4.69) is 10.3 Å². The van der Waals surface area contributed by atoms with E-state index in [0.29, 0.717) is 11.7 Å². The number of hydrogen-bond acceptors (Lipinski definition) is 2. The Hall–Kier alpha value is -1.91. The van der Waals surface area contributed by atoms with Crippen molar-refractivity contribution in [2.75, 3.05) is 6.61 Å². The molecule has 5 heteroatoms. The van der Waals surface area contributed by atoms with Crippen molar-refractivity contribution in [3.63, 3.8) is 0 Å². The van der Waals surface area contributed by atoms with Crippen molar-refractivity contribution in [2.24, 2.45) is 10.9 Å². The summed E-state index contributed by atoms with van der Waals surface area (Å²) in [6.45, 7) is 0.582. The van der Waals surface area contributed by atoms with Crippen LogP contribution in [0.1, 0.15) is 17.2 Å². The van der Waals surface area contributed by atoms with Crippen molar-refractivity contribution < 1.29 is 4.74 Å². The molecule has 0 bridgehead atoms. The predicted molar refractivity (Wildman–Crippen MR) is 91.9 cm³/mol. The minimum atomic E-state index is 0.0469. The van der Waals surface area contributed by atoms with Gasteiger partial charge < -0.3 is 10.1 Å². The van der Waals surface area contributed by atoms with Gasteiger partial charge in [-0.05, 0) is 42.0 Å². The molecule has 0 aromatic heterocycles. The van der Waals surface area contributed by atoms with Crippen LogP contribution in [-0.4, -0.2) is 17.4 Å². The molecule has 2 unspecified atom stereocenters. The standard InChI is InChI=1S/C17H13ClN2OS/c18-11-7-5-10(6-8-11)15-13-9-21-14-4-2-1-3-12(14)16(13)20-17(22)19-15/h1-8,13,15H,9H2,(H,19,22). The zero-order chi connectivity index (χ0) is 15.1. The van der Waals surface area contributed by atoms with Crippen molar-refractivity contribution >= 4 is 34.6 Å². The van der Waals surface area contributed by atoms with Crippen LogP contribution in [0.15, 0.2) is 53.5 Å². The molecule has 0 saturated carbocycles. The zero-order valence-electron chi connectivity index (χ0n) is 11.6. The highest BCUT2D eigenvalue weighted by molar-refractivity contribution is 7.80. The molecule has 3 nitrogen and oxygen atoms in total. The van der Waals surface area contributed by atoms with Crippen LogP contribution in [0.5, 0.6) is 5.75 Å². The second-order valence-corrected chi connectivity index (χ2v) is 6.21. The molecule has 0 saturated heterocycles. The minimum Gasteiger partial charge on any atom is -0.492 e. The Morgan fingerprint density at radius 3 is 2.73 bits per heavy atom. The van der Waals surface area contributed by atoms with Gasteiger partial charge in [-0.3, -0.25) is 0 Å². The molecule has 1 N–H and O–H groups in total.